The summed E-state index contributed by atoms with van der Waals surface area (Å²) >= 11 is 5.75. The molecule has 24 heavy (non-hydrogen) atoms. The molecule has 0 radical (unpaired) electrons. The Kier molecular flexibility index (Phi) is 5.03. The second-order valence-electron chi connectivity index (χ2n) is 5.31. The van der Waals surface area contributed by atoms with E-state index in [1.54, 1.807) is 12.1 Å². The van der Waals surface area contributed by atoms with Gasteiger partial charge >= 0.3 is 0 Å². The van der Waals surface area contributed by atoms with Crippen molar-refractivity contribution in [3.63, 3.8) is 0 Å². The van der Waals surface area contributed by atoms with Crippen LogP contribution in [0.3, 0.4) is 0 Å². The van der Waals surface area contributed by atoms with Crippen molar-refractivity contribution in [3.05, 3.63) is 83.2 Å². The first kappa shape index (κ1) is 16.4. The molecule has 0 saturated heterocycles. The van der Waals surface area contributed by atoms with Crippen molar-refractivity contribution >= 4 is 17.5 Å². The van der Waals surface area contributed by atoms with Gasteiger partial charge in [-0.15, -0.1) is 0 Å². The zero-order chi connectivity index (χ0) is 16.9. The first-order valence-electron chi connectivity index (χ1n) is 7.43. The Balaban J connectivity index is 1.81. The van der Waals surface area contributed by atoms with Crippen molar-refractivity contribution in [2.45, 2.75) is 12.6 Å². The molecule has 3 rings (SSSR count). The van der Waals surface area contributed by atoms with E-state index in [1.807, 2.05) is 30.3 Å². The fourth-order valence-corrected chi connectivity index (χ4v) is 2.53. The third kappa shape index (κ3) is 3.88. The summed E-state index contributed by atoms with van der Waals surface area (Å²) in [6.07, 6.45) is 0.548. The lowest BCUT2D eigenvalue weighted by atomic mass is 10.2. The largest absolute Gasteiger partial charge is 0.467 e. The lowest BCUT2D eigenvalue weighted by molar-refractivity contribution is 0.0536. The van der Waals surface area contributed by atoms with Gasteiger partial charge in [0.15, 0.2) is 11.0 Å². The Morgan fingerprint density at radius 1 is 1.12 bits per heavy atom. The minimum Gasteiger partial charge on any atom is -0.467 e. The van der Waals surface area contributed by atoms with Gasteiger partial charge in [-0.2, -0.15) is 0 Å². The van der Waals surface area contributed by atoms with Gasteiger partial charge in [0, 0.05) is 6.54 Å². The van der Waals surface area contributed by atoms with Gasteiger partial charge in [0.05, 0.1) is 12.8 Å². The summed E-state index contributed by atoms with van der Waals surface area (Å²) in [6.45, 7) is 0.398. The number of carbonyl (C=O) groups excluding carboxylic acids is 1. The van der Waals surface area contributed by atoms with Crippen molar-refractivity contribution < 1.29 is 18.7 Å². The van der Waals surface area contributed by atoms with Gasteiger partial charge in [0.1, 0.15) is 11.9 Å². The standard InChI is InChI=1S/C18H16ClNO4/c19-17-9-8-16(24-17)18(22)20(11-13-5-2-1-3-6-13)12-14(21)15-7-4-10-23-15/h1-10,14,21H,11-12H2. The predicted molar refractivity (Wildman–Crippen MR) is 88.6 cm³/mol. The van der Waals surface area contributed by atoms with Crippen molar-refractivity contribution in [1.29, 1.82) is 0 Å². The molecule has 0 bridgehead atoms. The molecule has 1 unspecified atom stereocenters. The van der Waals surface area contributed by atoms with E-state index in [2.05, 4.69) is 0 Å². The minimum absolute atomic E-state index is 0.0690. The first-order chi connectivity index (χ1) is 11.6. The van der Waals surface area contributed by atoms with Crippen LogP contribution in [0.25, 0.3) is 0 Å². The molecule has 0 spiro atoms. The molecule has 6 heteroatoms. The monoisotopic (exact) mass is 345 g/mol. The molecule has 5 nitrogen and oxygen atoms in total. The van der Waals surface area contributed by atoms with Crippen LogP contribution in [0.4, 0.5) is 0 Å². The van der Waals surface area contributed by atoms with Gasteiger partial charge in [0.2, 0.25) is 0 Å². The van der Waals surface area contributed by atoms with Crippen LogP contribution in [0.15, 0.2) is 69.7 Å². The highest BCUT2D eigenvalue weighted by Crippen LogP contribution is 2.20. The highest BCUT2D eigenvalue weighted by atomic mass is 35.5. The van der Waals surface area contributed by atoms with Gasteiger partial charge in [-0.1, -0.05) is 30.3 Å². The van der Waals surface area contributed by atoms with E-state index < -0.39 is 6.10 Å². The molecule has 0 aliphatic rings. The topological polar surface area (TPSA) is 66.8 Å². The van der Waals surface area contributed by atoms with Gasteiger partial charge in [-0.3, -0.25) is 4.79 Å². The summed E-state index contributed by atoms with van der Waals surface area (Å²) in [5.74, 6) is 0.178. The van der Waals surface area contributed by atoms with E-state index in [0.29, 0.717) is 12.3 Å². The maximum atomic E-state index is 12.7. The summed E-state index contributed by atoms with van der Waals surface area (Å²) in [6, 6.07) is 15.9. The number of nitrogens with zero attached hydrogens (tertiary/aromatic N) is 1. The van der Waals surface area contributed by atoms with Crippen LogP contribution in [0, 0.1) is 0 Å². The van der Waals surface area contributed by atoms with E-state index in [4.69, 9.17) is 20.4 Å². The van der Waals surface area contributed by atoms with Crippen LogP contribution in [-0.2, 0) is 6.54 Å². The number of furan rings is 2. The number of rotatable bonds is 6. The molecule has 0 fully saturated rings. The molecular formula is C18H16ClNO4. The molecule has 0 saturated carbocycles. The molecule has 0 aliphatic carbocycles. The lowest BCUT2D eigenvalue weighted by Crippen LogP contribution is -2.34. The second kappa shape index (κ2) is 7.38. The van der Waals surface area contributed by atoms with E-state index in [9.17, 15) is 9.90 Å². The van der Waals surface area contributed by atoms with Crippen LogP contribution >= 0.6 is 11.6 Å². The summed E-state index contributed by atoms with van der Waals surface area (Å²) in [5.41, 5.74) is 0.940. The quantitative estimate of drug-likeness (QED) is 0.735. The maximum absolute atomic E-state index is 12.7. The number of amides is 1. The smallest absolute Gasteiger partial charge is 0.290 e. The lowest BCUT2D eigenvalue weighted by Gasteiger charge is -2.24. The van der Waals surface area contributed by atoms with Crippen molar-refractivity contribution in [3.8, 4) is 0 Å². The van der Waals surface area contributed by atoms with Crippen LogP contribution < -0.4 is 0 Å². The molecule has 1 atom stereocenters. The Bertz CT molecular complexity index is 782. The number of benzene rings is 1. The van der Waals surface area contributed by atoms with Gasteiger partial charge in [-0.05, 0) is 41.4 Å². The van der Waals surface area contributed by atoms with E-state index in [-0.39, 0.29) is 23.4 Å². The van der Waals surface area contributed by atoms with Crippen LogP contribution in [0.1, 0.15) is 28.0 Å². The Morgan fingerprint density at radius 3 is 2.54 bits per heavy atom. The fourth-order valence-electron chi connectivity index (χ4n) is 2.39. The highest BCUT2D eigenvalue weighted by molar-refractivity contribution is 6.29. The third-order valence-corrected chi connectivity index (χ3v) is 3.76. The van der Waals surface area contributed by atoms with E-state index >= 15 is 0 Å². The SMILES string of the molecule is O=C(c1ccc(Cl)o1)N(Cc1ccccc1)CC(O)c1ccco1. The molecule has 124 valence electrons. The van der Waals surface area contributed by atoms with Gasteiger partial charge in [-0.25, -0.2) is 0 Å². The molecule has 1 aromatic carbocycles. The zero-order valence-corrected chi connectivity index (χ0v) is 13.5. The number of hydrogen-bond donors (Lipinski definition) is 1. The second-order valence-corrected chi connectivity index (χ2v) is 5.68. The molecule has 0 aliphatic heterocycles. The van der Waals surface area contributed by atoms with Crippen molar-refractivity contribution in [1.82, 2.24) is 4.90 Å². The Hall–Kier alpha value is -2.50. The predicted octanol–water partition coefficient (Wildman–Crippen LogP) is 3.90. The number of carbonyl (C=O) groups is 1. The molecule has 1 N–H and O–H groups in total. The summed E-state index contributed by atoms with van der Waals surface area (Å²) in [7, 11) is 0. The minimum atomic E-state index is -0.932. The summed E-state index contributed by atoms with van der Waals surface area (Å²) in [4.78, 5) is 14.2. The average molecular weight is 346 g/mol. The van der Waals surface area contributed by atoms with Crippen molar-refractivity contribution in [2.75, 3.05) is 6.54 Å². The highest BCUT2D eigenvalue weighted by Gasteiger charge is 2.24. The summed E-state index contributed by atoms with van der Waals surface area (Å²) < 4.78 is 10.4. The Morgan fingerprint density at radius 2 is 1.92 bits per heavy atom. The Labute approximate surface area is 144 Å². The van der Waals surface area contributed by atoms with Crippen LogP contribution in [0.2, 0.25) is 5.22 Å². The number of aliphatic hydroxyl groups excluding tert-OH is 1. The average Bonchev–Trinajstić information content (AvgIpc) is 3.26. The number of halogens is 1. The van der Waals surface area contributed by atoms with Crippen LogP contribution in [-0.4, -0.2) is 22.5 Å². The third-order valence-electron chi connectivity index (χ3n) is 3.55. The fraction of sp³-hybridized carbons (Fsp3) is 0.167. The van der Waals surface area contributed by atoms with Gasteiger partial charge in [0.25, 0.3) is 5.91 Å². The molecular weight excluding hydrogens is 330 g/mol. The normalized spacial score (nSPS) is 12.1. The molecule has 1 amide bonds. The van der Waals surface area contributed by atoms with E-state index in [0.717, 1.165) is 5.56 Å². The molecule has 2 aromatic heterocycles. The van der Waals surface area contributed by atoms with E-state index in [1.165, 1.54) is 23.3 Å². The number of aliphatic hydroxyl groups is 1. The van der Waals surface area contributed by atoms with Crippen LogP contribution in [0.5, 0.6) is 0 Å². The molecule has 3 aromatic rings. The first-order valence-corrected chi connectivity index (χ1v) is 7.81. The molecule has 2 heterocycles. The summed E-state index contributed by atoms with van der Waals surface area (Å²) in [5, 5.41) is 10.5. The van der Waals surface area contributed by atoms with Crippen molar-refractivity contribution in [2.24, 2.45) is 0 Å². The zero-order valence-electron chi connectivity index (χ0n) is 12.8. The number of hydrogen-bond acceptors (Lipinski definition) is 4. The maximum Gasteiger partial charge on any atom is 0.290 e. The van der Waals surface area contributed by atoms with Gasteiger partial charge < -0.3 is 18.8 Å².